The number of nitrogens with zero attached hydrogens (tertiary/aromatic N) is 1. The minimum Gasteiger partial charge on any atom is -0.339 e. The summed E-state index contributed by atoms with van der Waals surface area (Å²) in [4.78, 5) is 14.4. The zero-order valence-corrected chi connectivity index (χ0v) is 12.3. The molecular weight excluding hydrogens is 248 g/mol. The molecule has 0 bridgehead atoms. The van der Waals surface area contributed by atoms with Gasteiger partial charge in [0.05, 0.1) is 6.54 Å². The highest BCUT2D eigenvalue weighted by Gasteiger charge is 2.28. The molecule has 0 atom stereocenters. The molecule has 1 heterocycles. The molecular formula is C17H22N2O. The molecule has 2 rings (SSSR count). The Hall–Kier alpha value is -1.79. The van der Waals surface area contributed by atoms with Gasteiger partial charge in [-0.15, -0.1) is 0 Å². The van der Waals surface area contributed by atoms with E-state index in [0.29, 0.717) is 12.0 Å². The van der Waals surface area contributed by atoms with Crippen molar-refractivity contribution < 1.29 is 4.79 Å². The van der Waals surface area contributed by atoms with E-state index < -0.39 is 0 Å². The van der Waals surface area contributed by atoms with E-state index >= 15 is 0 Å². The minimum absolute atomic E-state index is 0.124. The van der Waals surface area contributed by atoms with Crippen LogP contribution in [-0.2, 0) is 0 Å². The lowest BCUT2D eigenvalue weighted by molar-refractivity contribution is 0.0630. The van der Waals surface area contributed by atoms with E-state index in [9.17, 15) is 4.79 Å². The second-order valence-electron chi connectivity index (χ2n) is 6.04. The first-order chi connectivity index (χ1) is 9.52. The Bertz CT molecular complexity index is 524. The van der Waals surface area contributed by atoms with Crippen LogP contribution in [0.5, 0.6) is 0 Å². The summed E-state index contributed by atoms with van der Waals surface area (Å²) < 4.78 is 0. The maximum atomic E-state index is 12.4. The molecule has 0 unspecified atom stereocenters. The van der Waals surface area contributed by atoms with Crippen LogP contribution in [0.3, 0.4) is 0 Å². The van der Waals surface area contributed by atoms with Gasteiger partial charge in [-0.05, 0) is 42.5 Å². The molecule has 0 saturated carbocycles. The van der Waals surface area contributed by atoms with Gasteiger partial charge in [0.1, 0.15) is 0 Å². The van der Waals surface area contributed by atoms with Crippen LogP contribution in [0.2, 0.25) is 0 Å². The van der Waals surface area contributed by atoms with Crippen LogP contribution >= 0.6 is 0 Å². The third-order valence-electron chi connectivity index (χ3n) is 3.87. The summed E-state index contributed by atoms with van der Waals surface area (Å²) in [6.45, 7) is 6.57. The number of hydrogen-bond donors (Lipinski definition) is 1. The zero-order chi connectivity index (χ0) is 14.6. The SMILES string of the molecule is CC1(C)CCN(C(=O)c2ccc(C#CCN)cc2)CC1. The number of nitrogens with two attached hydrogens (primary N) is 1. The average Bonchev–Trinajstić information content (AvgIpc) is 2.45. The molecule has 1 aliphatic rings. The number of likely N-dealkylation sites (tertiary alicyclic amines) is 1. The second kappa shape index (κ2) is 6.11. The van der Waals surface area contributed by atoms with Crippen molar-refractivity contribution in [2.45, 2.75) is 26.7 Å². The quantitative estimate of drug-likeness (QED) is 0.796. The fraction of sp³-hybridized carbons (Fsp3) is 0.471. The molecule has 1 amide bonds. The van der Waals surface area contributed by atoms with Crippen molar-refractivity contribution in [2.24, 2.45) is 11.1 Å². The molecule has 1 aromatic carbocycles. The molecule has 0 radical (unpaired) electrons. The van der Waals surface area contributed by atoms with E-state index in [1.54, 1.807) is 0 Å². The summed E-state index contributed by atoms with van der Waals surface area (Å²) in [5, 5.41) is 0. The van der Waals surface area contributed by atoms with E-state index in [0.717, 1.165) is 37.1 Å². The Balaban J connectivity index is 2.03. The topological polar surface area (TPSA) is 46.3 Å². The molecule has 0 aromatic heterocycles. The summed E-state index contributed by atoms with van der Waals surface area (Å²) in [7, 11) is 0. The van der Waals surface area contributed by atoms with Gasteiger partial charge in [0.2, 0.25) is 0 Å². The average molecular weight is 270 g/mol. The summed E-state index contributed by atoms with van der Waals surface area (Å²) in [5.74, 6) is 5.89. The van der Waals surface area contributed by atoms with Gasteiger partial charge in [0.15, 0.2) is 0 Å². The maximum Gasteiger partial charge on any atom is 0.253 e. The highest BCUT2D eigenvalue weighted by Crippen LogP contribution is 2.30. The van der Waals surface area contributed by atoms with Gasteiger partial charge in [0.25, 0.3) is 5.91 Å². The van der Waals surface area contributed by atoms with Crippen molar-refractivity contribution >= 4 is 5.91 Å². The van der Waals surface area contributed by atoms with Gasteiger partial charge in [0, 0.05) is 24.2 Å². The molecule has 1 saturated heterocycles. The van der Waals surface area contributed by atoms with E-state index in [-0.39, 0.29) is 5.91 Å². The molecule has 20 heavy (non-hydrogen) atoms. The van der Waals surface area contributed by atoms with Crippen LogP contribution in [0.25, 0.3) is 0 Å². The second-order valence-corrected chi connectivity index (χ2v) is 6.04. The monoisotopic (exact) mass is 270 g/mol. The highest BCUT2D eigenvalue weighted by atomic mass is 16.2. The van der Waals surface area contributed by atoms with Crippen LogP contribution in [0.1, 0.15) is 42.6 Å². The number of piperidine rings is 1. The van der Waals surface area contributed by atoms with Crippen LogP contribution in [0.4, 0.5) is 0 Å². The van der Waals surface area contributed by atoms with Gasteiger partial charge in [-0.2, -0.15) is 0 Å². The Morgan fingerprint density at radius 2 is 1.85 bits per heavy atom. The first-order valence-electron chi connectivity index (χ1n) is 7.10. The van der Waals surface area contributed by atoms with E-state index in [1.807, 2.05) is 29.2 Å². The van der Waals surface area contributed by atoms with Crippen LogP contribution in [0, 0.1) is 17.3 Å². The lowest BCUT2D eigenvalue weighted by Gasteiger charge is -2.36. The first kappa shape index (κ1) is 14.6. The van der Waals surface area contributed by atoms with Crippen molar-refractivity contribution in [3.8, 4) is 11.8 Å². The normalized spacial score (nSPS) is 17.2. The summed E-state index contributed by atoms with van der Waals surface area (Å²) in [6, 6.07) is 7.46. The Labute approximate surface area is 121 Å². The molecule has 1 aromatic rings. The van der Waals surface area contributed by atoms with Crippen LogP contribution in [0.15, 0.2) is 24.3 Å². The van der Waals surface area contributed by atoms with Crippen LogP contribution in [-0.4, -0.2) is 30.4 Å². The van der Waals surface area contributed by atoms with Gasteiger partial charge in [-0.25, -0.2) is 0 Å². The molecule has 106 valence electrons. The summed E-state index contributed by atoms with van der Waals surface area (Å²) in [6.07, 6.45) is 2.14. The predicted octanol–water partition coefficient (Wildman–Crippen LogP) is 2.26. The summed E-state index contributed by atoms with van der Waals surface area (Å²) >= 11 is 0. The number of carbonyl (C=O) groups is 1. The van der Waals surface area contributed by atoms with Crippen molar-refractivity contribution in [1.82, 2.24) is 4.90 Å². The van der Waals surface area contributed by atoms with Crippen LogP contribution < -0.4 is 5.73 Å². The van der Waals surface area contributed by atoms with Gasteiger partial charge < -0.3 is 10.6 Å². The van der Waals surface area contributed by atoms with Crippen molar-refractivity contribution in [1.29, 1.82) is 0 Å². The van der Waals surface area contributed by atoms with E-state index in [4.69, 9.17) is 5.73 Å². The molecule has 3 heteroatoms. The lowest BCUT2D eigenvalue weighted by Crippen LogP contribution is -2.41. The van der Waals surface area contributed by atoms with Gasteiger partial charge >= 0.3 is 0 Å². The molecule has 3 nitrogen and oxygen atoms in total. The Morgan fingerprint density at radius 1 is 1.25 bits per heavy atom. The summed E-state index contributed by atoms with van der Waals surface area (Å²) in [5.41, 5.74) is 7.33. The Morgan fingerprint density at radius 3 is 2.40 bits per heavy atom. The van der Waals surface area contributed by atoms with Gasteiger partial charge in [-0.1, -0.05) is 25.7 Å². The third kappa shape index (κ3) is 3.61. The zero-order valence-electron chi connectivity index (χ0n) is 12.3. The van der Waals surface area contributed by atoms with Crippen molar-refractivity contribution in [3.05, 3.63) is 35.4 Å². The van der Waals surface area contributed by atoms with Crippen molar-refractivity contribution in [3.63, 3.8) is 0 Å². The maximum absolute atomic E-state index is 12.4. The standard InChI is InChI=1S/C17H22N2O/c1-17(2)9-12-19(13-10-17)16(20)15-7-5-14(6-8-15)4-3-11-18/h5-8H,9-13,18H2,1-2H3. The van der Waals surface area contributed by atoms with Crippen molar-refractivity contribution in [2.75, 3.05) is 19.6 Å². The molecule has 0 aliphatic carbocycles. The Kier molecular flexibility index (Phi) is 4.46. The molecule has 0 spiro atoms. The lowest BCUT2D eigenvalue weighted by atomic mass is 9.82. The number of amides is 1. The third-order valence-corrected chi connectivity index (χ3v) is 3.87. The number of benzene rings is 1. The van der Waals surface area contributed by atoms with E-state index in [2.05, 4.69) is 25.7 Å². The van der Waals surface area contributed by atoms with E-state index in [1.165, 1.54) is 0 Å². The molecule has 1 aliphatic heterocycles. The number of hydrogen-bond acceptors (Lipinski definition) is 2. The fourth-order valence-electron chi connectivity index (χ4n) is 2.35. The molecule has 2 N–H and O–H groups in total. The number of carbonyl (C=O) groups excluding carboxylic acids is 1. The minimum atomic E-state index is 0.124. The first-order valence-corrected chi connectivity index (χ1v) is 7.10. The number of rotatable bonds is 1. The fourth-order valence-corrected chi connectivity index (χ4v) is 2.35. The van der Waals surface area contributed by atoms with Gasteiger partial charge in [-0.3, -0.25) is 4.79 Å². The predicted molar refractivity (Wildman–Crippen MR) is 81.3 cm³/mol. The largest absolute Gasteiger partial charge is 0.339 e. The smallest absolute Gasteiger partial charge is 0.253 e. The highest BCUT2D eigenvalue weighted by molar-refractivity contribution is 5.94. The molecule has 1 fully saturated rings.